The van der Waals surface area contributed by atoms with E-state index in [-0.39, 0.29) is 6.04 Å². The smallest absolute Gasteiger partial charge is 0.123 e. The van der Waals surface area contributed by atoms with Crippen LogP contribution in [-0.2, 0) is 13.0 Å². The van der Waals surface area contributed by atoms with Gasteiger partial charge < -0.3 is 9.94 Å². The molecule has 0 radical (unpaired) electrons. The quantitative estimate of drug-likeness (QED) is 0.833. The Morgan fingerprint density at radius 1 is 1.10 bits per heavy atom. The molecule has 20 heavy (non-hydrogen) atoms. The second kappa shape index (κ2) is 6.07. The third-order valence-electron chi connectivity index (χ3n) is 3.86. The fourth-order valence-electron chi connectivity index (χ4n) is 2.82. The summed E-state index contributed by atoms with van der Waals surface area (Å²) in [6, 6.07) is 16.3. The number of rotatable bonds is 4. The van der Waals surface area contributed by atoms with E-state index < -0.39 is 0 Å². The lowest BCUT2D eigenvalue weighted by molar-refractivity contribution is 0.117. The molecule has 0 aromatic heterocycles. The zero-order valence-corrected chi connectivity index (χ0v) is 11.4. The molecule has 104 valence electrons. The first kappa shape index (κ1) is 13.2. The normalized spacial score (nSPS) is 17.6. The minimum atomic E-state index is 0.0269. The molecular formula is C17H19NO2. The number of ether oxygens (including phenoxy) is 1. The summed E-state index contributed by atoms with van der Waals surface area (Å²) in [4.78, 5) is 0. The highest BCUT2D eigenvalue weighted by molar-refractivity contribution is 5.43. The lowest BCUT2D eigenvalue weighted by Crippen LogP contribution is -2.22. The van der Waals surface area contributed by atoms with Crippen molar-refractivity contribution in [3.63, 3.8) is 0 Å². The molecule has 0 bridgehead atoms. The first-order valence-electron chi connectivity index (χ1n) is 7.06. The van der Waals surface area contributed by atoms with E-state index in [1.165, 1.54) is 5.56 Å². The van der Waals surface area contributed by atoms with Crippen LogP contribution in [0.2, 0.25) is 0 Å². The second-order valence-corrected chi connectivity index (χ2v) is 5.17. The third kappa shape index (κ3) is 2.69. The van der Waals surface area contributed by atoms with Gasteiger partial charge in [-0.25, -0.2) is 0 Å². The topological polar surface area (TPSA) is 41.5 Å². The van der Waals surface area contributed by atoms with Crippen LogP contribution in [0.4, 0.5) is 0 Å². The Bertz CT molecular complexity index is 568. The van der Waals surface area contributed by atoms with Crippen LogP contribution in [0.25, 0.3) is 0 Å². The van der Waals surface area contributed by atoms with E-state index in [9.17, 15) is 5.21 Å². The molecule has 2 aromatic carbocycles. The fraction of sp³-hybridized carbons (Fsp3) is 0.294. The van der Waals surface area contributed by atoms with E-state index >= 15 is 0 Å². The maximum Gasteiger partial charge on any atom is 0.123 e. The zero-order valence-electron chi connectivity index (χ0n) is 11.4. The molecule has 1 unspecified atom stereocenters. The van der Waals surface area contributed by atoms with Crippen molar-refractivity contribution in [2.24, 2.45) is 0 Å². The average Bonchev–Trinajstić information content (AvgIpc) is 2.53. The molecule has 2 N–H and O–H groups in total. The highest BCUT2D eigenvalue weighted by Crippen LogP contribution is 2.35. The van der Waals surface area contributed by atoms with Crippen molar-refractivity contribution in [3.8, 4) is 5.75 Å². The van der Waals surface area contributed by atoms with Crippen LogP contribution in [-0.4, -0.2) is 5.21 Å². The summed E-state index contributed by atoms with van der Waals surface area (Å²) in [6.45, 7) is 0.578. The number of fused-ring (bicyclic) bond motifs is 1. The summed E-state index contributed by atoms with van der Waals surface area (Å²) in [5.74, 6) is 0.936. The van der Waals surface area contributed by atoms with Gasteiger partial charge in [0.15, 0.2) is 0 Å². The Hall–Kier alpha value is -1.84. The summed E-state index contributed by atoms with van der Waals surface area (Å²) >= 11 is 0. The van der Waals surface area contributed by atoms with E-state index in [0.717, 1.165) is 36.1 Å². The number of hydroxylamine groups is 1. The van der Waals surface area contributed by atoms with Crippen molar-refractivity contribution in [3.05, 3.63) is 65.2 Å². The molecule has 3 heteroatoms. The van der Waals surface area contributed by atoms with Crippen molar-refractivity contribution in [1.82, 2.24) is 5.48 Å². The van der Waals surface area contributed by atoms with Crippen molar-refractivity contribution in [2.75, 3.05) is 0 Å². The van der Waals surface area contributed by atoms with Crippen LogP contribution in [0.5, 0.6) is 5.75 Å². The van der Waals surface area contributed by atoms with Gasteiger partial charge in [-0.2, -0.15) is 5.48 Å². The highest BCUT2D eigenvalue weighted by Gasteiger charge is 2.22. The van der Waals surface area contributed by atoms with Gasteiger partial charge in [-0.3, -0.25) is 0 Å². The van der Waals surface area contributed by atoms with Crippen molar-refractivity contribution >= 4 is 0 Å². The van der Waals surface area contributed by atoms with Gasteiger partial charge in [-0.15, -0.1) is 0 Å². The van der Waals surface area contributed by atoms with Crippen molar-refractivity contribution < 1.29 is 9.94 Å². The predicted molar refractivity (Wildman–Crippen MR) is 77.8 cm³/mol. The Morgan fingerprint density at radius 3 is 2.75 bits per heavy atom. The van der Waals surface area contributed by atoms with Crippen LogP contribution < -0.4 is 10.2 Å². The Balaban J connectivity index is 1.80. The van der Waals surface area contributed by atoms with E-state index in [2.05, 4.69) is 23.7 Å². The van der Waals surface area contributed by atoms with E-state index in [1.807, 2.05) is 30.3 Å². The van der Waals surface area contributed by atoms with Crippen LogP contribution >= 0.6 is 0 Å². The van der Waals surface area contributed by atoms with Gasteiger partial charge in [0.1, 0.15) is 12.4 Å². The molecule has 0 saturated heterocycles. The summed E-state index contributed by atoms with van der Waals surface area (Å²) in [5.41, 5.74) is 5.95. The van der Waals surface area contributed by atoms with Crippen molar-refractivity contribution in [1.29, 1.82) is 0 Å². The summed E-state index contributed by atoms with van der Waals surface area (Å²) in [7, 11) is 0. The molecule has 2 aromatic rings. The first-order valence-corrected chi connectivity index (χ1v) is 7.06. The minimum Gasteiger partial charge on any atom is -0.489 e. The molecule has 0 heterocycles. The molecule has 1 atom stereocenters. The molecule has 0 amide bonds. The second-order valence-electron chi connectivity index (χ2n) is 5.17. The molecule has 0 saturated carbocycles. The standard InChI is InChI=1S/C17H19NO2/c19-18-16-10-4-9-15-14(16)8-5-11-17(15)20-12-13-6-2-1-3-7-13/h1-3,5-8,11,16,18-19H,4,9-10,12H2. The average molecular weight is 269 g/mol. The lowest BCUT2D eigenvalue weighted by atomic mass is 9.87. The summed E-state index contributed by atoms with van der Waals surface area (Å²) < 4.78 is 5.97. The highest BCUT2D eigenvalue weighted by atomic mass is 16.5. The van der Waals surface area contributed by atoms with Gasteiger partial charge in [-0.05, 0) is 42.0 Å². The number of hydrogen-bond donors (Lipinski definition) is 2. The van der Waals surface area contributed by atoms with E-state index in [4.69, 9.17) is 4.74 Å². The van der Waals surface area contributed by atoms with Gasteiger partial charge in [-0.1, -0.05) is 42.5 Å². The number of hydrogen-bond acceptors (Lipinski definition) is 3. The van der Waals surface area contributed by atoms with Gasteiger partial charge in [0.25, 0.3) is 0 Å². The van der Waals surface area contributed by atoms with Crippen molar-refractivity contribution in [2.45, 2.75) is 31.9 Å². The zero-order chi connectivity index (χ0) is 13.8. The SMILES string of the molecule is ONC1CCCc2c(OCc3ccccc3)cccc21. The monoisotopic (exact) mass is 269 g/mol. The maximum absolute atomic E-state index is 9.25. The third-order valence-corrected chi connectivity index (χ3v) is 3.86. The van der Waals surface area contributed by atoms with Gasteiger partial charge in [0, 0.05) is 0 Å². The number of benzene rings is 2. The van der Waals surface area contributed by atoms with Crippen LogP contribution in [0, 0.1) is 0 Å². The molecule has 3 nitrogen and oxygen atoms in total. The van der Waals surface area contributed by atoms with Crippen LogP contribution in [0.15, 0.2) is 48.5 Å². The lowest BCUT2D eigenvalue weighted by Gasteiger charge is -2.26. The molecule has 0 fully saturated rings. The van der Waals surface area contributed by atoms with Gasteiger partial charge >= 0.3 is 0 Å². The van der Waals surface area contributed by atoms with Crippen LogP contribution in [0.3, 0.4) is 0 Å². The van der Waals surface area contributed by atoms with Gasteiger partial charge in [0.2, 0.25) is 0 Å². The number of nitrogens with one attached hydrogen (secondary N) is 1. The first-order chi connectivity index (χ1) is 9.88. The predicted octanol–water partition coefficient (Wildman–Crippen LogP) is 3.62. The molecular weight excluding hydrogens is 250 g/mol. The van der Waals surface area contributed by atoms with Crippen LogP contribution in [0.1, 0.15) is 35.6 Å². The van der Waals surface area contributed by atoms with E-state index in [0.29, 0.717) is 6.61 Å². The van der Waals surface area contributed by atoms with Gasteiger partial charge in [0.05, 0.1) is 6.04 Å². The maximum atomic E-state index is 9.25. The Morgan fingerprint density at radius 2 is 1.95 bits per heavy atom. The molecule has 3 rings (SSSR count). The molecule has 1 aliphatic carbocycles. The van der Waals surface area contributed by atoms with E-state index in [1.54, 1.807) is 0 Å². The molecule has 1 aliphatic rings. The minimum absolute atomic E-state index is 0.0269. The molecule has 0 aliphatic heterocycles. The fourth-order valence-corrected chi connectivity index (χ4v) is 2.82. The molecule has 0 spiro atoms. The Kier molecular flexibility index (Phi) is 4.00. The summed E-state index contributed by atoms with van der Waals surface area (Å²) in [5, 5.41) is 9.25. The largest absolute Gasteiger partial charge is 0.489 e. The Labute approximate surface area is 119 Å². The summed E-state index contributed by atoms with van der Waals surface area (Å²) in [6.07, 6.45) is 3.04.